The molecule has 0 bridgehead atoms. The summed E-state index contributed by atoms with van der Waals surface area (Å²) in [4.78, 5) is 0. The Morgan fingerprint density at radius 3 is 2.46 bits per heavy atom. The molecule has 2 aromatic carbocycles. The summed E-state index contributed by atoms with van der Waals surface area (Å²) in [5.74, 6) is 2.78. The Morgan fingerprint density at radius 2 is 1.81 bits per heavy atom. The van der Waals surface area contributed by atoms with E-state index >= 15 is 0 Å². The number of rotatable bonds is 7. The molecule has 7 heteroatoms. The quantitative estimate of drug-likeness (QED) is 0.584. The molecule has 0 aliphatic carbocycles. The Balaban J connectivity index is 1.79. The van der Waals surface area contributed by atoms with Gasteiger partial charge in [0, 0.05) is 11.3 Å². The molecular formula is C19H22N4O2S. The van der Waals surface area contributed by atoms with E-state index in [1.165, 1.54) is 5.56 Å². The second kappa shape index (κ2) is 8.23. The molecule has 0 fully saturated rings. The average molecular weight is 370 g/mol. The lowest BCUT2D eigenvalue weighted by molar-refractivity contribution is 0.400. The van der Waals surface area contributed by atoms with Gasteiger partial charge in [0.05, 0.1) is 19.9 Å². The zero-order valence-corrected chi connectivity index (χ0v) is 16.2. The molecule has 0 saturated heterocycles. The first-order valence-electron chi connectivity index (χ1n) is 8.34. The highest BCUT2D eigenvalue weighted by molar-refractivity contribution is 7.98. The van der Waals surface area contributed by atoms with Crippen molar-refractivity contribution >= 4 is 11.8 Å². The molecule has 0 saturated carbocycles. The van der Waals surface area contributed by atoms with Crippen LogP contribution >= 0.6 is 11.8 Å². The highest BCUT2D eigenvalue weighted by Gasteiger charge is 2.12. The van der Waals surface area contributed by atoms with Gasteiger partial charge in [-0.3, -0.25) is 0 Å². The van der Waals surface area contributed by atoms with Gasteiger partial charge in [-0.2, -0.15) is 4.68 Å². The molecule has 26 heavy (non-hydrogen) atoms. The van der Waals surface area contributed by atoms with E-state index in [2.05, 4.69) is 41.5 Å². The summed E-state index contributed by atoms with van der Waals surface area (Å²) in [6, 6.07) is 14.1. The van der Waals surface area contributed by atoms with Gasteiger partial charge in [0.25, 0.3) is 0 Å². The lowest BCUT2D eigenvalue weighted by Crippen LogP contribution is -2.00. The van der Waals surface area contributed by atoms with Gasteiger partial charge in [-0.25, -0.2) is 0 Å². The van der Waals surface area contributed by atoms with Crippen LogP contribution in [0.2, 0.25) is 0 Å². The van der Waals surface area contributed by atoms with E-state index < -0.39 is 0 Å². The fourth-order valence-electron chi connectivity index (χ4n) is 2.57. The number of benzene rings is 2. The molecule has 0 aliphatic heterocycles. The minimum absolute atomic E-state index is 0.493. The molecule has 0 atom stereocenters. The van der Waals surface area contributed by atoms with E-state index in [0.717, 1.165) is 27.9 Å². The van der Waals surface area contributed by atoms with Crippen molar-refractivity contribution in [3.8, 4) is 17.2 Å². The van der Waals surface area contributed by atoms with Crippen molar-refractivity contribution in [1.82, 2.24) is 20.2 Å². The van der Waals surface area contributed by atoms with Crippen molar-refractivity contribution in [2.75, 3.05) is 14.2 Å². The van der Waals surface area contributed by atoms with Crippen LogP contribution in [0.5, 0.6) is 11.5 Å². The number of hydrogen-bond donors (Lipinski definition) is 0. The van der Waals surface area contributed by atoms with Crippen molar-refractivity contribution in [2.45, 2.75) is 30.7 Å². The fraction of sp³-hybridized carbons (Fsp3) is 0.316. The lowest BCUT2D eigenvalue weighted by Gasteiger charge is -2.10. The van der Waals surface area contributed by atoms with Crippen molar-refractivity contribution in [3.05, 3.63) is 53.6 Å². The summed E-state index contributed by atoms with van der Waals surface area (Å²) >= 11 is 1.55. The maximum absolute atomic E-state index is 5.44. The van der Waals surface area contributed by atoms with E-state index in [0.29, 0.717) is 11.7 Å². The molecule has 136 valence electrons. The monoisotopic (exact) mass is 370 g/mol. The van der Waals surface area contributed by atoms with Gasteiger partial charge in [0.15, 0.2) is 0 Å². The molecule has 1 aromatic heterocycles. The SMILES string of the molecule is COc1ccc(OC)c(CSc2nnnn2-c2ccc(C(C)C)cc2)c1. The van der Waals surface area contributed by atoms with Crippen LogP contribution in [0.1, 0.15) is 30.9 Å². The van der Waals surface area contributed by atoms with Gasteiger partial charge in [-0.15, -0.1) is 5.10 Å². The average Bonchev–Trinajstić information content (AvgIpc) is 3.14. The number of methoxy groups -OCH3 is 2. The van der Waals surface area contributed by atoms with E-state index in [1.54, 1.807) is 30.7 Å². The van der Waals surface area contributed by atoms with Crippen molar-refractivity contribution in [2.24, 2.45) is 0 Å². The Bertz CT molecular complexity index is 862. The molecule has 0 aliphatic rings. The van der Waals surface area contributed by atoms with Gasteiger partial charge < -0.3 is 9.47 Å². The number of ether oxygens (including phenoxy) is 2. The van der Waals surface area contributed by atoms with Gasteiger partial charge in [-0.05, 0) is 52.2 Å². The van der Waals surface area contributed by atoms with E-state index in [9.17, 15) is 0 Å². The van der Waals surface area contributed by atoms with Gasteiger partial charge in [-0.1, -0.05) is 37.7 Å². The molecular weight excluding hydrogens is 348 g/mol. The third kappa shape index (κ3) is 3.99. The summed E-state index contributed by atoms with van der Waals surface area (Å²) in [6.07, 6.45) is 0. The summed E-state index contributed by atoms with van der Waals surface area (Å²) < 4.78 is 12.5. The number of nitrogens with zero attached hydrogens (tertiary/aromatic N) is 4. The largest absolute Gasteiger partial charge is 0.497 e. The predicted molar refractivity (Wildman–Crippen MR) is 102 cm³/mol. The summed E-state index contributed by atoms with van der Waals surface area (Å²) in [7, 11) is 3.32. The first kappa shape index (κ1) is 18.3. The Hall–Kier alpha value is -2.54. The zero-order valence-electron chi connectivity index (χ0n) is 15.3. The van der Waals surface area contributed by atoms with Crippen LogP contribution in [0.4, 0.5) is 0 Å². The van der Waals surface area contributed by atoms with E-state index in [-0.39, 0.29) is 0 Å². The smallest absolute Gasteiger partial charge is 0.214 e. The minimum Gasteiger partial charge on any atom is -0.497 e. The third-order valence-electron chi connectivity index (χ3n) is 4.09. The first-order chi connectivity index (χ1) is 12.6. The van der Waals surface area contributed by atoms with Gasteiger partial charge >= 0.3 is 0 Å². The van der Waals surface area contributed by atoms with Crippen LogP contribution in [-0.2, 0) is 5.75 Å². The second-order valence-electron chi connectivity index (χ2n) is 6.09. The molecule has 3 rings (SSSR count). The Morgan fingerprint density at radius 1 is 1.04 bits per heavy atom. The molecule has 6 nitrogen and oxygen atoms in total. The maximum Gasteiger partial charge on any atom is 0.214 e. The summed E-state index contributed by atoms with van der Waals surface area (Å²) in [6.45, 7) is 4.35. The first-order valence-corrected chi connectivity index (χ1v) is 9.33. The van der Waals surface area contributed by atoms with Crippen LogP contribution in [-0.4, -0.2) is 34.4 Å². The van der Waals surface area contributed by atoms with E-state index in [4.69, 9.17) is 9.47 Å². The Kier molecular flexibility index (Phi) is 5.78. The summed E-state index contributed by atoms with van der Waals surface area (Å²) in [5.41, 5.74) is 3.26. The highest BCUT2D eigenvalue weighted by atomic mass is 32.2. The maximum atomic E-state index is 5.44. The minimum atomic E-state index is 0.493. The van der Waals surface area contributed by atoms with Crippen LogP contribution in [0.25, 0.3) is 5.69 Å². The van der Waals surface area contributed by atoms with Crippen LogP contribution in [0.15, 0.2) is 47.6 Å². The number of hydrogen-bond acceptors (Lipinski definition) is 6. The summed E-state index contributed by atoms with van der Waals surface area (Å²) in [5, 5.41) is 12.8. The normalized spacial score (nSPS) is 11.0. The second-order valence-corrected chi connectivity index (χ2v) is 7.03. The van der Waals surface area contributed by atoms with Crippen molar-refractivity contribution < 1.29 is 9.47 Å². The third-order valence-corrected chi connectivity index (χ3v) is 5.06. The molecule has 0 N–H and O–H groups in total. The standard InChI is InChI=1S/C19H22N4O2S/c1-13(2)14-5-7-16(8-6-14)23-19(20-21-22-23)26-12-15-11-17(24-3)9-10-18(15)25-4/h5-11,13H,12H2,1-4H3. The zero-order chi connectivity index (χ0) is 18.5. The molecule has 0 unspecified atom stereocenters. The molecule has 0 spiro atoms. The molecule has 0 radical (unpaired) electrons. The predicted octanol–water partition coefficient (Wildman–Crippen LogP) is 4.10. The highest BCUT2D eigenvalue weighted by Crippen LogP contribution is 2.30. The molecule has 1 heterocycles. The number of aromatic nitrogens is 4. The van der Waals surface area contributed by atoms with Crippen LogP contribution in [0, 0.1) is 0 Å². The fourth-order valence-corrected chi connectivity index (χ4v) is 3.44. The number of tetrazole rings is 1. The number of thioether (sulfide) groups is 1. The van der Waals surface area contributed by atoms with Crippen molar-refractivity contribution in [3.63, 3.8) is 0 Å². The molecule has 3 aromatic rings. The Labute approximate surface area is 157 Å². The van der Waals surface area contributed by atoms with Gasteiger partial charge in [0.2, 0.25) is 5.16 Å². The van der Waals surface area contributed by atoms with Crippen LogP contribution in [0.3, 0.4) is 0 Å². The van der Waals surface area contributed by atoms with Crippen LogP contribution < -0.4 is 9.47 Å². The topological polar surface area (TPSA) is 62.1 Å². The van der Waals surface area contributed by atoms with E-state index in [1.807, 2.05) is 30.3 Å². The van der Waals surface area contributed by atoms with Crippen molar-refractivity contribution in [1.29, 1.82) is 0 Å². The van der Waals surface area contributed by atoms with Gasteiger partial charge in [0.1, 0.15) is 11.5 Å². The molecule has 0 amide bonds. The lowest BCUT2D eigenvalue weighted by atomic mass is 10.0.